The maximum atomic E-state index is 10.7. The highest BCUT2D eigenvalue weighted by molar-refractivity contribution is 6.09. The molecular formula is C24H24N2O2. The molecule has 0 amide bonds. The Morgan fingerprint density at radius 3 is 1.43 bits per heavy atom. The first kappa shape index (κ1) is 18.3. The van der Waals surface area contributed by atoms with Crippen molar-refractivity contribution in [1.29, 1.82) is 0 Å². The molecular weight excluding hydrogens is 348 g/mol. The van der Waals surface area contributed by atoms with Crippen LogP contribution in [-0.4, -0.2) is 24.3 Å². The van der Waals surface area contributed by atoms with Crippen LogP contribution in [0.15, 0.2) is 60.7 Å². The summed E-state index contributed by atoms with van der Waals surface area (Å²) in [6.07, 6.45) is 0. The minimum atomic E-state index is 0.163. The van der Waals surface area contributed by atoms with Crippen LogP contribution >= 0.6 is 0 Å². The lowest BCUT2D eigenvalue weighted by Gasteiger charge is -2.15. The van der Waals surface area contributed by atoms with Gasteiger partial charge >= 0.3 is 0 Å². The second-order valence-electron chi connectivity index (χ2n) is 7.09. The van der Waals surface area contributed by atoms with Crippen LogP contribution in [0.25, 0.3) is 32.7 Å². The van der Waals surface area contributed by atoms with Crippen molar-refractivity contribution >= 4 is 21.5 Å². The summed E-state index contributed by atoms with van der Waals surface area (Å²) in [4.78, 5) is 0. The Kier molecular flexibility index (Phi) is 4.90. The lowest BCUT2D eigenvalue weighted by atomic mass is 9.91. The van der Waals surface area contributed by atoms with E-state index in [1.165, 1.54) is 11.1 Å². The van der Waals surface area contributed by atoms with Crippen molar-refractivity contribution in [3.8, 4) is 22.6 Å². The van der Waals surface area contributed by atoms with E-state index in [2.05, 4.69) is 34.9 Å². The zero-order valence-electron chi connectivity index (χ0n) is 16.1. The molecule has 0 aromatic heterocycles. The summed E-state index contributed by atoms with van der Waals surface area (Å²) >= 11 is 0. The van der Waals surface area contributed by atoms with Crippen LogP contribution in [0.5, 0.6) is 11.5 Å². The summed E-state index contributed by atoms with van der Waals surface area (Å²) in [7, 11) is 3.84. The molecule has 4 aromatic carbocycles. The Balaban J connectivity index is 2.00. The molecule has 0 bridgehead atoms. The van der Waals surface area contributed by atoms with Crippen molar-refractivity contribution in [2.75, 3.05) is 14.1 Å². The summed E-state index contributed by atoms with van der Waals surface area (Å²) in [6.45, 7) is 1.56. The average Bonchev–Trinajstić information content (AvgIpc) is 2.69. The minimum absolute atomic E-state index is 0.163. The van der Waals surface area contributed by atoms with E-state index in [4.69, 9.17) is 0 Å². The third-order valence-electron chi connectivity index (χ3n) is 5.14. The number of phenolic OH excluding ortho intramolecular Hbond substituents is 2. The average molecular weight is 372 g/mol. The van der Waals surface area contributed by atoms with Gasteiger partial charge in [-0.1, -0.05) is 36.4 Å². The predicted octanol–water partition coefficient (Wildman–Crippen LogP) is 4.51. The molecule has 0 fully saturated rings. The predicted molar refractivity (Wildman–Crippen MR) is 116 cm³/mol. The van der Waals surface area contributed by atoms with Crippen LogP contribution in [-0.2, 0) is 13.1 Å². The second kappa shape index (κ2) is 7.50. The standard InChI is InChI=1S/C24H24N2O2/c1-25-13-15-3-7-19-17(11-15)5-9-21(27)23(19)24-20-8-4-16(14-26-2)12-18(20)6-10-22(24)28/h3-12,25-28H,13-14H2,1-2H3. The van der Waals surface area contributed by atoms with Gasteiger partial charge in [-0.3, -0.25) is 0 Å². The van der Waals surface area contributed by atoms with Crippen molar-refractivity contribution in [2.45, 2.75) is 13.1 Å². The van der Waals surface area contributed by atoms with Crippen LogP contribution in [0.2, 0.25) is 0 Å². The first-order chi connectivity index (χ1) is 13.6. The number of fused-ring (bicyclic) bond motifs is 2. The second-order valence-corrected chi connectivity index (χ2v) is 7.09. The minimum Gasteiger partial charge on any atom is -0.507 e. The lowest BCUT2D eigenvalue weighted by Crippen LogP contribution is -2.04. The highest BCUT2D eigenvalue weighted by Crippen LogP contribution is 2.44. The fourth-order valence-electron chi connectivity index (χ4n) is 3.89. The number of phenols is 2. The molecule has 0 aliphatic carbocycles. The number of hydrogen-bond acceptors (Lipinski definition) is 4. The van der Waals surface area contributed by atoms with Gasteiger partial charge in [0.25, 0.3) is 0 Å². The van der Waals surface area contributed by atoms with Crippen LogP contribution in [0.3, 0.4) is 0 Å². The van der Waals surface area contributed by atoms with E-state index in [1.807, 2.05) is 38.4 Å². The van der Waals surface area contributed by atoms with Crippen molar-refractivity contribution < 1.29 is 10.2 Å². The SMILES string of the molecule is CNCc1ccc2c(-c3c(O)ccc4cc(CNC)ccc34)c(O)ccc2c1. The van der Waals surface area contributed by atoms with E-state index in [0.717, 1.165) is 34.6 Å². The highest BCUT2D eigenvalue weighted by atomic mass is 16.3. The van der Waals surface area contributed by atoms with Gasteiger partial charge in [0.1, 0.15) is 11.5 Å². The Morgan fingerprint density at radius 2 is 1.04 bits per heavy atom. The fourth-order valence-corrected chi connectivity index (χ4v) is 3.89. The van der Waals surface area contributed by atoms with Gasteiger partial charge in [0.15, 0.2) is 0 Å². The molecule has 4 rings (SSSR count). The molecule has 4 nitrogen and oxygen atoms in total. The fraction of sp³-hybridized carbons (Fsp3) is 0.167. The Morgan fingerprint density at radius 1 is 0.607 bits per heavy atom. The summed E-state index contributed by atoms with van der Waals surface area (Å²) < 4.78 is 0. The van der Waals surface area contributed by atoms with E-state index in [0.29, 0.717) is 11.1 Å². The van der Waals surface area contributed by atoms with Crippen LogP contribution in [0.4, 0.5) is 0 Å². The molecule has 0 aliphatic rings. The zero-order valence-corrected chi connectivity index (χ0v) is 16.1. The van der Waals surface area contributed by atoms with Gasteiger partial charge in [0.05, 0.1) is 0 Å². The molecule has 0 saturated heterocycles. The zero-order chi connectivity index (χ0) is 19.7. The first-order valence-corrected chi connectivity index (χ1v) is 9.41. The molecule has 0 radical (unpaired) electrons. The van der Waals surface area contributed by atoms with Gasteiger partial charge in [-0.2, -0.15) is 0 Å². The van der Waals surface area contributed by atoms with Gasteiger partial charge < -0.3 is 20.8 Å². The topological polar surface area (TPSA) is 64.5 Å². The lowest BCUT2D eigenvalue weighted by molar-refractivity contribution is 0.470. The van der Waals surface area contributed by atoms with Gasteiger partial charge in [-0.15, -0.1) is 0 Å². The molecule has 4 heteroatoms. The summed E-state index contributed by atoms with van der Waals surface area (Å²) in [6, 6.07) is 19.6. The Bertz CT molecular complexity index is 1080. The van der Waals surface area contributed by atoms with E-state index in [9.17, 15) is 10.2 Å². The van der Waals surface area contributed by atoms with Crippen molar-refractivity contribution in [3.63, 3.8) is 0 Å². The summed E-state index contributed by atoms with van der Waals surface area (Å²) in [5.41, 5.74) is 3.67. The molecule has 4 N–H and O–H groups in total. The number of benzene rings is 4. The monoisotopic (exact) mass is 372 g/mol. The van der Waals surface area contributed by atoms with E-state index in [-0.39, 0.29) is 11.5 Å². The van der Waals surface area contributed by atoms with E-state index in [1.54, 1.807) is 12.1 Å². The van der Waals surface area contributed by atoms with Gasteiger partial charge in [-0.25, -0.2) is 0 Å². The molecule has 0 heterocycles. The molecule has 0 atom stereocenters. The molecule has 4 aromatic rings. The van der Waals surface area contributed by atoms with Crippen LogP contribution < -0.4 is 10.6 Å². The van der Waals surface area contributed by atoms with Crippen molar-refractivity contribution in [2.24, 2.45) is 0 Å². The molecule has 28 heavy (non-hydrogen) atoms. The number of aromatic hydroxyl groups is 2. The normalized spacial score (nSPS) is 11.4. The third-order valence-corrected chi connectivity index (χ3v) is 5.14. The smallest absolute Gasteiger partial charge is 0.124 e. The van der Waals surface area contributed by atoms with Crippen LogP contribution in [0.1, 0.15) is 11.1 Å². The molecule has 0 saturated carbocycles. The van der Waals surface area contributed by atoms with Gasteiger partial charge in [0, 0.05) is 24.2 Å². The van der Waals surface area contributed by atoms with Gasteiger partial charge in [-0.05, 0) is 71.0 Å². The molecule has 0 unspecified atom stereocenters. The van der Waals surface area contributed by atoms with E-state index >= 15 is 0 Å². The molecule has 0 spiro atoms. The maximum absolute atomic E-state index is 10.7. The van der Waals surface area contributed by atoms with Crippen molar-refractivity contribution in [1.82, 2.24) is 10.6 Å². The summed E-state index contributed by atoms with van der Waals surface area (Å²) in [5.74, 6) is 0.326. The number of nitrogens with one attached hydrogen (secondary N) is 2. The van der Waals surface area contributed by atoms with Crippen LogP contribution in [0, 0.1) is 0 Å². The Labute approximate surface area is 164 Å². The third kappa shape index (κ3) is 3.17. The Hall–Kier alpha value is -3.08. The van der Waals surface area contributed by atoms with Crippen molar-refractivity contribution in [3.05, 3.63) is 71.8 Å². The quantitative estimate of drug-likeness (QED) is 0.416. The number of hydrogen-bond donors (Lipinski definition) is 4. The molecule has 142 valence electrons. The first-order valence-electron chi connectivity index (χ1n) is 9.41. The maximum Gasteiger partial charge on any atom is 0.124 e. The number of rotatable bonds is 5. The molecule has 0 aliphatic heterocycles. The van der Waals surface area contributed by atoms with Gasteiger partial charge in [0.2, 0.25) is 0 Å². The highest BCUT2D eigenvalue weighted by Gasteiger charge is 2.17. The summed E-state index contributed by atoms with van der Waals surface area (Å²) in [5, 5.41) is 31.7. The largest absolute Gasteiger partial charge is 0.507 e. The van der Waals surface area contributed by atoms with E-state index < -0.39 is 0 Å².